The van der Waals surface area contributed by atoms with Gasteiger partial charge in [0.2, 0.25) is 0 Å². The highest BCUT2D eigenvalue weighted by Gasteiger charge is 2.27. The Morgan fingerprint density at radius 2 is 1.74 bits per heavy atom. The maximum absolute atomic E-state index is 11.5. The second-order valence-corrected chi connectivity index (χ2v) is 4.77. The van der Waals surface area contributed by atoms with Gasteiger partial charge in [-0.15, -0.1) is 27.8 Å². The molecule has 1 rings (SSSR count). The summed E-state index contributed by atoms with van der Waals surface area (Å²) in [5, 5.41) is 10.5. The van der Waals surface area contributed by atoms with Gasteiger partial charge in [0, 0.05) is 12.1 Å². The molecule has 0 aliphatic heterocycles. The highest BCUT2D eigenvalue weighted by atomic mass is 35.5. The van der Waals surface area contributed by atoms with Crippen LogP contribution < -0.4 is 4.65 Å². The van der Waals surface area contributed by atoms with E-state index in [2.05, 4.69) is 0 Å². The number of ether oxygens (including phenoxy) is 1. The molecule has 0 aromatic heterocycles. The minimum atomic E-state index is -0.375. The minimum absolute atomic E-state index is 0.313. The molecule has 1 N–H and O–H groups in total. The van der Waals surface area contributed by atoms with Crippen LogP contribution in [0.3, 0.4) is 0 Å². The van der Waals surface area contributed by atoms with Crippen molar-refractivity contribution in [2.75, 3.05) is 31.5 Å². The lowest BCUT2D eigenvalue weighted by molar-refractivity contribution is -0.0695. The highest BCUT2D eigenvalue weighted by molar-refractivity contribution is 6.18. The number of esters is 1. The molecular formula is C13H18Cl2NO3+. The number of alkyl halides is 2. The van der Waals surface area contributed by atoms with E-state index in [1.165, 1.54) is 0 Å². The number of benzene rings is 1. The molecule has 19 heavy (non-hydrogen) atoms. The Balaban J connectivity index is 2.92. The third kappa shape index (κ3) is 4.35. The molecule has 0 saturated heterocycles. The molecule has 106 valence electrons. The van der Waals surface area contributed by atoms with E-state index in [0.29, 0.717) is 42.7 Å². The standard InChI is InChI=1S/C13H18Cl2NO3/c1-2-19-13(17)11-3-5-12(6-4-11)16(18,9-7-14)10-8-15/h3-6,18H,2,7-10H2,1H3/q+1. The van der Waals surface area contributed by atoms with Crippen LogP contribution in [-0.4, -0.2) is 42.6 Å². The molecule has 0 unspecified atom stereocenters. The predicted molar refractivity (Wildman–Crippen MR) is 77.2 cm³/mol. The van der Waals surface area contributed by atoms with Crippen LogP contribution >= 0.6 is 23.2 Å². The number of carbonyl (C=O) groups excluding carboxylic acids is 1. The SMILES string of the molecule is CCOC(=O)c1ccc([N+](O)(CCCl)CCCl)cc1. The largest absolute Gasteiger partial charge is 0.462 e. The van der Waals surface area contributed by atoms with Gasteiger partial charge in [-0.05, 0) is 19.1 Å². The number of hydrogen-bond acceptors (Lipinski definition) is 3. The van der Waals surface area contributed by atoms with E-state index in [4.69, 9.17) is 27.9 Å². The smallest absolute Gasteiger partial charge is 0.338 e. The molecule has 1 aromatic carbocycles. The van der Waals surface area contributed by atoms with E-state index in [1.807, 2.05) is 0 Å². The fourth-order valence-electron chi connectivity index (χ4n) is 1.74. The molecule has 0 aliphatic rings. The molecule has 0 spiro atoms. The van der Waals surface area contributed by atoms with Gasteiger partial charge in [0.1, 0.15) is 13.1 Å². The zero-order chi connectivity index (χ0) is 14.3. The van der Waals surface area contributed by atoms with Crippen molar-refractivity contribution in [1.82, 2.24) is 4.65 Å². The summed E-state index contributed by atoms with van der Waals surface area (Å²) in [6.45, 7) is 2.79. The van der Waals surface area contributed by atoms with Crippen LogP contribution in [0.25, 0.3) is 0 Å². The van der Waals surface area contributed by atoms with Gasteiger partial charge in [-0.1, -0.05) is 0 Å². The number of hydrogen-bond donors (Lipinski definition) is 1. The second-order valence-electron chi connectivity index (χ2n) is 4.02. The van der Waals surface area contributed by atoms with Crippen LogP contribution in [0, 0.1) is 0 Å². The average molecular weight is 307 g/mol. The van der Waals surface area contributed by atoms with Gasteiger partial charge in [-0.3, -0.25) is 0 Å². The van der Waals surface area contributed by atoms with E-state index in [0.717, 1.165) is 0 Å². The number of carbonyl (C=O) groups is 1. The zero-order valence-corrected chi connectivity index (χ0v) is 12.3. The molecule has 1 aromatic rings. The summed E-state index contributed by atoms with van der Waals surface area (Å²) in [4.78, 5) is 11.5. The van der Waals surface area contributed by atoms with Gasteiger partial charge in [0.05, 0.1) is 23.9 Å². The van der Waals surface area contributed by atoms with E-state index >= 15 is 0 Å². The van der Waals surface area contributed by atoms with E-state index in [1.54, 1.807) is 31.2 Å². The van der Waals surface area contributed by atoms with Crippen LogP contribution in [0.1, 0.15) is 17.3 Å². The molecule has 0 fully saturated rings. The molecule has 0 amide bonds. The summed E-state index contributed by atoms with van der Waals surface area (Å²) < 4.78 is 4.56. The lowest BCUT2D eigenvalue weighted by atomic mass is 10.2. The first-order valence-corrected chi connectivity index (χ1v) is 7.14. The molecule has 0 radical (unpaired) electrons. The fraction of sp³-hybridized carbons (Fsp3) is 0.462. The molecule has 4 nitrogen and oxygen atoms in total. The Kier molecular flexibility index (Phi) is 6.58. The lowest BCUT2D eigenvalue weighted by Gasteiger charge is -2.28. The average Bonchev–Trinajstić information content (AvgIpc) is 2.40. The molecule has 0 bridgehead atoms. The molecule has 0 aliphatic carbocycles. The second kappa shape index (κ2) is 7.70. The maximum Gasteiger partial charge on any atom is 0.338 e. The minimum Gasteiger partial charge on any atom is -0.462 e. The van der Waals surface area contributed by atoms with Gasteiger partial charge < -0.3 is 4.74 Å². The normalized spacial score (nSPS) is 11.4. The number of rotatable bonds is 7. The summed E-state index contributed by atoms with van der Waals surface area (Å²) >= 11 is 11.4. The summed E-state index contributed by atoms with van der Waals surface area (Å²) in [5.74, 6) is 0.250. The van der Waals surface area contributed by atoms with Gasteiger partial charge in [-0.2, -0.15) is 0 Å². The number of quaternary nitrogens is 1. The molecule has 0 heterocycles. The van der Waals surface area contributed by atoms with Crippen molar-refractivity contribution in [1.29, 1.82) is 0 Å². The Labute approximate surface area is 123 Å². The van der Waals surface area contributed by atoms with Crippen molar-refractivity contribution in [2.45, 2.75) is 6.92 Å². The fourth-order valence-corrected chi connectivity index (χ4v) is 2.30. The molecule has 0 atom stereocenters. The van der Waals surface area contributed by atoms with Crippen molar-refractivity contribution in [3.05, 3.63) is 29.8 Å². The third-order valence-corrected chi connectivity index (χ3v) is 3.11. The third-order valence-electron chi connectivity index (χ3n) is 2.77. The highest BCUT2D eigenvalue weighted by Crippen LogP contribution is 2.22. The van der Waals surface area contributed by atoms with Crippen molar-refractivity contribution in [3.8, 4) is 0 Å². The van der Waals surface area contributed by atoms with Crippen molar-refractivity contribution >= 4 is 34.9 Å². The van der Waals surface area contributed by atoms with Crippen LogP contribution in [-0.2, 0) is 4.74 Å². The summed E-state index contributed by atoms with van der Waals surface area (Å²) in [6, 6.07) is 6.62. The number of nitrogens with zero attached hydrogens (tertiary/aromatic N) is 1. The monoisotopic (exact) mass is 306 g/mol. The maximum atomic E-state index is 11.5. The summed E-state index contributed by atoms with van der Waals surface area (Å²) in [7, 11) is 0. The number of halogens is 2. The van der Waals surface area contributed by atoms with Gasteiger partial charge in [0.15, 0.2) is 5.69 Å². The van der Waals surface area contributed by atoms with Crippen LogP contribution in [0.15, 0.2) is 24.3 Å². The lowest BCUT2D eigenvalue weighted by Crippen LogP contribution is -2.48. The van der Waals surface area contributed by atoms with Gasteiger partial charge in [-0.25, -0.2) is 10.0 Å². The molecule has 6 heteroatoms. The van der Waals surface area contributed by atoms with Crippen LogP contribution in [0.2, 0.25) is 0 Å². The van der Waals surface area contributed by atoms with Gasteiger partial charge >= 0.3 is 5.97 Å². The Bertz CT molecular complexity index is 403. The Morgan fingerprint density at radius 1 is 1.21 bits per heavy atom. The van der Waals surface area contributed by atoms with E-state index in [-0.39, 0.29) is 10.6 Å². The Hall–Kier alpha value is -0.810. The predicted octanol–water partition coefficient (Wildman–Crippen LogP) is 3.04. The summed E-state index contributed by atoms with van der Waals surface area (Å²) in [6.07, 6.45) is 0. The zero-order valence-electron chi connectivity index (χ0n) is 10.8. The first-order chi connectivity index (χ1) is 9.07. The Morgan fingerprint density at radius 3 is 2.16 bits per heavy atom. The van der Waals surface area contributed by atoms with Crippen LogP contribution in [0.5, 0.6) is 0 Å². The summed E-state index contributed by atoms with van der Waals surface area (Å²) in [5.41, 5.74) is 1.10. The quantitative estimate of drug-likeness (QED) is 0.364. The van der Waals surface area contributed by atoms with Gasteiger partial charge in [0.25, 0.3) is 0 Å². The molecule has 0 saturated carbocycles. The number of hydroxylamine groups is 2. The first kappa shape index (κ1) is 16.2. The van der Waals surface area contributed by atoms with Crippen molar-refractivity contribution < 1.29 is 14.7 Å². The van der Waals surface area contributed by atoms with Crippen molar-refractivity contribution in [3.63, 3.8) is 0 Å². The van der Waals surface area contributed by atoms with Crippen molar-refractivity contribution in [2.24, 2.45) is 0 Å². The van der Waals surface area contributed by atoms with E-state index in [9.17, 15) is 10.0 Å². The van der Waals surface area contributed by atoms with Crippen LogP contribution in [0.4, 0.5) is 5.69 Å². The topological polar surface area (TPSA) is 46.5 Å². The first-order valence-electron chi connectivity index (χ1n) is 6.07. The van der Waals surface area contributed by atoms with E-state index < -0.39 is 0 Å². The molecular weight excluding hydrogens is 289 g/mol.